The van der Waals surface area contributed by atoms with Gasteiger partial charge in [-0.05, 0) is 53.5 Å². The molecule has 4 heteroatoms. The van der Waals surface area contributed by atoms with Gasteiger partial charge in [0, 0.05) is 20.8 Å². The van der Waals surface area contributed by atoms with Crippen LogP contribution in [-0.2, 0) is 0 Å². The summed E-state index contributed by atoms with van der Waals surface area (Å²) in [7, 11) is 1.95. The smallest absolute Gasteiger partial charge is 0.134 e. The highest BCUT2D eigenvalue weighted by Gasteiger charge is 2.19. The fourth-order valence-corrected chi connectivity index (χ4v) is 3.83. The van der Waals surface area contributed by atoms with E-state index < -0.39 is 0 Å². The van der Waals surface area contributed by atoms with Gasteiger partial charge < -0.3 is 9.73 Å². The van der Waals surface area contributed by atoms with E-state index in [9.17, 15) is 0 Å². The van der Waals surface area contributed by atoms with Crippen molar-refractivity contribution in [1.29, 1.82) is 0 Å². The molecule has 2 nitrogen and oxygen atoms in total. The van der Waals surface area contributed by atoms with Gasteiger partial charge in [-0.1, -0.05) is 11.6 Å². The Hall–Kier alpha value is -1.10. The van der Waals surface area contributed by atoms with E-state index in [0.29, 0.717) is 0 Å². The quantitative estimate of drug-likeness (QED) is 0.738. The second kappa shape index (κ2) is 5.12. The Kier molecular flexibility index (Phi) is 3.48. The highest BCUT2D eigenvalue weighted by molar-refractivity contribution is 9.10. The Balaban J connectivity index is 2.09. The van der Waals surface area contributed by atoms with Crippen LogP contribution < -0.4 is 5.32 Å². The fraction of sp³-hybridized carbons (Fsp3) is 0.200. The molecule has 0 saturated heterocycles. The summed E-state index contributed by atoms with van der Waals surface area (Å²) in [6, 6.07) is 8.45. The molecule has 2 aromatic heterocycles. The maximum Gasteiger partial charge on any atom is 0.134 e. The van der Waals surface area contributed by atoms with E-state index in [1.54, 1.807) is 11.3 Å². The van der Waals surface area contributed by atoms with Gasteiger partial charge in [0.15, 0.2) is 0 Å². The van der Waals surface area contributed by atoms with Crippen LogP contribution in [0.3, 0.4) is 0 Å². The largest absolute Gasteiger partial charge is 0.459 e. The first-order chi connectivity index (χ1) is 9.19. The normalized spacial score (nSPS) is 13.0. The van der Waals surface area contributed by atoms with Gasteiger partial charge in [0.2, 0.25) is 0 Å². The van der Waals surface area contributed by atoms with Gasteiger partial charge in [-0.25, -0.2) is 0 Å². The lowest BCUT2D eigenvalue weighted by Crippen LogP contribution is -2.16. The Morgan fingerprint density at radius 3 is 2.79 bits per heavy atom. The van der Waals surface area contributed by atoms with Crippen molar-refractivity contribution in [3.8, 4) is 0 Å². The minimum Gasteiger partial charge on any atom is -0.459 e. The monoisotopic (exact) mass is 335 g/mol. The molecule has 3 aromatic rings. The molecule has 0 bridgehead atoms. The molecule has 1 N–H and O–H groups in total. The zero-order valence-electron chi connectivity index (χ0n) is 10.7. The molecule has 2 heterocycles. The van der Waals surface area contributed by atoms with E-state index in [0.717, 1.165) is 21.2 Å². The number of hydrogen-bond donors (Lipinski definition) is 1. The maximum absolute atomic E-state index is 5.98. The van der Waals surface area contributed by atoms with Gasteiger partial charge in [-0.15, -0.1) is 0 Å². The summed E-state index contributed by atoms with van der Waals surface area (Å²) in [5.41, 5.74) is 3.40. The van der Waals surface area contributed by atoms with Gasteiger partial charge in [0.05, 0.1) is 6.04 Å². The summed E-state index contributed by atoms with van der Waals surface area (Å²) in [4.78, 5) is 0. The number of nitrogens with one attached hydrogen (secondary N) is 1. The summed E-state index contributed by atoms with van der Waals surface area (Å²) >= 11 is 5.27. The summed E-state index contributed by atoms with van der Waals surface area (Å²) in [5.74, 6) is 0.946. The summed E-state index contributed by atoms with van der Waals surface area (Å²) in [6.45, 7) is 2.09. The topological polar surface area (TPSA) is 25.2 Å². The number of fused-ring (bicyclic) bond motifs is 1. The molecule has 0 saturated carbocycles. The van der Waals surface area contributed by atoms with Crippen LogP contribution >= 0.6 is 27.3 Å². The molecular weight excluding hydrogens is 322 g/mol. The molecule has 0 spiro atoms. The Morgan fingerprint density at radius 1 is 1.26 bits per heavy atom. The molecule has 3 rings (SSSR count). The lowest BCUT2D eigenvalue weighted by molar-refractivity contribution is 0.491. The molecule has 0 aliphatic heterocycles. The molecule has 1 unspecified atom stereocenters. The van der Waals surface area contributed by atoms with E-state index in [4.69, 9.17) is 4.42 Å². The number of hydrogen-bond acceptors (Lipinski definition) is 3. The van der Waals surface area contributed by atoms with Gasteiger partial charge in [0.25, 0.3) is 0 Å². The lowest BCUT2D eigenvalue weighted by atomic mass is 10.1. The Bertz CT molecular complexity index is 716. The minimum atomic E-state index is 0.0772. The first kappa shape index (κ1) is 12.9. The third-order valence-corrected chi connectivity index (χ3v) is 4.97. The summed E-state index contributed by atoms with van der Waals surface area (Å²) in [6.07, 6.45) is 0. The van der Waals surface area contributed by atoms with Crippen LogP contribution in [0.2, 0.25) is 0 Å². The standard InChI is InChI=1S/C15H14BrNOS/c1-9-3-4-13-10(5-9)6-14(18-13)15(17-2)11-7-19-8-12(11)16/h3-8,15,17H,1-2H3. The molecule has 0 amide bonds. The number of thiophene rings is 1. The van der Waals surface area contributed by atoms with Crippen molar-refractivity contribution in [3.05, 3.63) is 56.4 Å². The van der Waals surface area contributed by atoms with Crippen molar-refractivity contribution in [3.63, 3.8) is 0 Å². The van der Waals surface area contributed by atoms with Crippen molar-refractivity contribution in [1.82, 2.24) is 5.32 Å². The lowest BCUT2D eigenvalue weighted by Gasteiger charge is -2.12. The average molecular weight is 336 g/mol. The second-order valence-electron chi connectivity index (χ2n) is 4.59. The van der Waals surface area contributed by atoms with Gasteiger partial charge in [-0.2, -0.15) is 11.3 Å². The molecule has 0 aliphatic rings. The number of halogens is 1. The van der Waals surface area contributed by atoms with Crippen LogP contribution in [0.1, 0.15) is 22.9 Å². The average Bonchev–Trinajstić information content (AvgIpc) is 2.97. The predicted octanol–water partition coefficient (Wildman–Crippen LogP) is 4.87. The van der Waals surface area contributed by atoms with E-state index in [-0.39, 0.29) is 6.04 Å². The van der Waals surface area contributed by atoms with Gasteiger partial charge in [-0.3, -0.25) is 0 Å². The molecular formula is C15H14BrNOS. The molecule has 0 fully saturated rings. The maximum atomic E-state index is 5.98. The van der Waals surface area contributed by atoms with E-state index in [1.807, 2.05) is 13.1 Å². The van der Waals surface area contributed by atoms with Crippen LogP contribution in [0.4, 0.5) is 0 Å². The second-order valence-corrected chi connectivity index (χ2v) is 6.18. The van der Waals surface area contributed by atoms with Crippen LogP contribution in [0.15, 0.2) is 43.9 Å². The Morgan fingerprint density at radius 2 is 2.11 bits per heavy atom. The molecule has 0 radical (unpaired) electrons. The first-order valence-electron chi connectivity index (χ1n) is 6.08. The van der Waals surface area contributed by atoms with Crippen LogP contribution in [-0.4, -0.2) is 7.05 Å². The third kappa shape index (κ3) is 2.36. The molecule has 0 aliphatic carbocycles. The van der Waals surface area contributed by atoms with E-state index in [1.165, 1.54) is 11.1 Å². The van der Waals surface area contributed by atoms with Crippen molar-refractivity contribution in [2.24, 2.45) is 0 Å². The van der Waals surface area contributed by atoms with Crippen molar-refractivity contribution in [2.75, 3.05) is 7.05 Å². The molecule has 1 atom stereocenters. The van der Waals surface area contributed by atoms with Gasteiger partial charge in [0.1, 0.15) is 11.3 Å². The van der Waals surface area contributed by atoms with Crippen molar-refractivity contribution >= 4 is 38.2 Å². The van der Waals surface area contributed by atoms with Crippen LogP contribution in [0, 0.1) is 6.92 Å². The number of rotatable bonds is 3. The summed E-state index contributed by atoms with van der Waals surface area (Å²) < 4.78 is 7.10. The van der Waals surface area contributed by atoms with Gasteiger partial charge >= 0.3 is 0 Å². The Labute approximate surface area is 124 Å². The van der Waals surface area contributed by atoms with Crippen molar-refractivity contribution in [2.45, 2.75) is 13.0 Å². The molecule has 98 valence electrons. The SMILES string of the molecule is CNC(c1cc2cc(C)ccc2o1)c1cscc1Br. The van der Waals surface area contributed by atoms with Crippen LogP contribution in [0.25, 0.3) is 11.0 Å². The molecule has 1 aromatic carbocycles. The van der Waals surface area contributed by atoms with E-state index >= 15 is 0 Å². The first-order valence-corrected chi connectivity index (χ1v) is 7.81. The highest BCUT2D eigenvalue weighted by Crippen LogP contribution is 2.34. The zero-order valence-corrected chi connectivity index (χ0v) is 13.1. The number of benzene rings is 1. The minimum absolute atomic E-state index is 0.0772. The zero-order chi connectivity index (χ0) is 13.4. The summed E-state index contributed by atoms with van der Waals surface area (Å²) in [5, 5.41) is 8.71. The fourth-order valence-electron chi connectivity index (χ4n) is 2.27. The predicted molar refractivity (Wildman–Crippen MR) is 83.9 cm³/mol. The van der Waals surface area contributed by atoms with Crippen LogP contribution in [0.5, 0.6) is 0 Å². The number of furan rings is 1. The molecule has 19 heavy (non-hydrogen) atoms. The van der Waals surface area contributed by atoms with Crippen molar-refractivity contribution < 1.29 is 4.42 Å². The highest BCUT2D eigenvalue weighted by atomic mass is 79.9. The third-order valence-electron chi connectivity index (χ3n) is 3.22. The number of aryl methyl sites for hydroxylation is 1. The van der Waals surface area contributed by atoms with E-state index in [2.05, 4.69) is 57.1 Å².